The van der Waals surface area contributed by atoms with Gasteiger partial charge in [0, 0.05) is 7.11 Å². The zero-order chi connectivity index (χ0) is 9.99. The molecule has 0 heterocycles. The van der Waals surface area contributed by atoms with Crippen molar-refractivity contribution in [1.82, 2.24) is 0 Å². The smallest absolute Gasteiger partial charge is 0.378 e. The number of methoxy groups -OCH3 is 1. The molecular weight excluding hydrogens is 187 g/mol. The highest BCUT2D eigenvalue weighted by molar-refractivity contribution is 5.90. The van der Waals surface area contributed by atoms with Crippen LogP contribution in [0.1, 0.15) is 0 Å². The monoisotopic (exact) mass is 192 g/mol. The van der Waals surface area contributed by atoms with Crippen molar-refractivity contribution in [3.8, 4) is 0 Å². The maximum Gasteiger partial charge on any atom is 0.456 e. The van der Waals surface area contributed by atoms with Crippen molar-refractivity contribution in [1.29, 1.82) is 0 Å². The standard InChI is InChI=1S/C5H5F5O2/c1-12-2-4(6,7)3(11)5(8,9)10/h2H2,1H3. The minimum Gasteiger partial charge on any atom is -0.378 e. The highest BCUT2D eigenvalue weighted by atomic mass is 19.4. The van der Waals surface area contributed by atoms with Crippen molar-refractivity contribution in [3.63, 3.8) is 0 Å². The summed E-state index contributed by atoms with van der Waals surface area (Å²) in [6.07, 6.45) is -5.53. The van der Waals surface area contributed by atoms with Gasteiger partial charge in [0.25, 0.3) is 0 Å². The molecule has 0 radical (unpaired) electrons. The second kappa shape index (κ2) is 3.34. The summed E-state index contributed by atoms with van der Waals surface area (Å²) in [7, 11) is 0.775. The first-order chi connectivity index (χ1) is 5.22. The van der Waals surface area contributed by atoms with Gasteiger partial charge in [0.15, 0.2) is 0 Å². The third-order valence-corrected chi connectivity index (χ3v) is 0.915. The van der Waals surface area contributed by atoms with Crippen LogP contribution >= 0.6 is 0 Å². The number of alkyl halides is 5. The summed E-state index contributed by atoms with van der Waals surface area (Å²) in [5, 5.41) is 0. The molecule has 0 spiro atoms. The molecule has 0 atom stereocenters. The van der Waals surface area contributed by atoms with Gasteiger partial charge >= 0.3 is 17.9 Å². The Hall–Kier alpha value is -0.720. The number of hydrogen-bond acceptors (Lipinski definition) is 2. The summed E-state index contributed by atoms with van der Waals surface area (Å²) in [5.41, 5.74) is 0. The second-order valence-electron chi connectivity index (χ2n) is 1.96. The first-order valence-electron chi connectivity index (χ1n) is 2.70. The van der Waals surface area contributed by atoms with Gasteiger partial charge in [-0.05, 0) is 0 Å². The van der Waals surface area contributed by atoms with Crippen molar-refractivity contribution in [3.05, 3.63) is 0 Å². The molecule has 0 aromatic rings. The molecule has 0 aliphatic carbocycles. The highest BCUT2D eigenvalue weighted by Crippen LogP contribution is 2.27. The fourth-order valence-corrected chi connectivity index (χ4v) is 0.454. The minimum absolute atomic E-state index is 0.775. The fourth-order valence-electron chi connectivity index (χ4n) is 0.454. The SMILES string of the molecule is COCC(F)(F)C(=O)C(F)(F)F. The summed E-state index contributed by atoms with van der Waals surface area (Å²) in [6.45, 7) is -1.56. The van der Waals surface area contributed by atoms with E-state index in [1.807, 2.05) is 0 Å². The van der Waals surface area contributed by atoms with E-state index in [0.29, 0.717) is 0 Å². The van der Waals surface area contributed by atoms with Gasteiger partial charge in [0.2, 0.25) is 0 Å². The lowest BCUT2D eigenvalue weighted by molar-refractivity contribution is -0.200. The van der Waals surface area contributed by atoms with Gasteiger partial charge in [0.05, 0.1) is 0 Å². The lowest BCUT2D eigenvalue weighted by Crippen LogP contribution is -2.43. The first-order valence-corrected chi connectivity index (χ1v) is 2.70. The van der Waals surface area contributed by atoms with Gasteiger partial charge in [-0.1, -0.05) is 0 Å². The molecule has 7 heteroatoms. The Morgan fingerprint density at radius 2 is 1.67 bits per heavy atom. The van der Waals surface area contributed by atoms with E-state index in [9.17, 15) is 26.7 Å². The Morgan fingerprint density at radius 3 is 1.92 bits per heavy atom. The summed E-state index contributed by atoms with van der Waals surface area (Å²) < 4.78 is 62.1. The molecule has 0 rings (SSSR count). The second-order valence-corrected chi connectivity index (χ2v) is 1.96. The Kier molecular flexibility index (Phi) is 3.14. The largest absolute Gasteiger partial charge is 0.456 e. The predicted molar refractivity (Wildman–Crippen MR) is 27.9 cm³/mol. The van der Waals surface area contributed by atoms with E-state index in [4.69, 9.17) is 0 Å². The average Bonchev–Trinajstić information content (AvgIpc) is 1.84. The number of hydrogen-bond donors (Lipinski definition) is 0. The molecule has 0 unspecified atom stereocenters. The molecule has 2 nitrogen and oxygen atoms in total. The van der Waals surface area contributed by atoms with Crippen LogP contribution in [-0.2, 0) is 9.53 Å². The van der Waals surface area contributed by atoms with E-state index in [0.717, 1.165) is 7.11 Å². The summed E-state index contributed by atoms with van der Waals surface area (Å²) >= 11 is 0. The number of carbonyl (C=O) groups excluding carboxylic acids is 1. The summed E-state index contributed by atoms with van der Waals surface area (Å²) in [4.78, 5) is 9.92. The predicted octanol–water partition coefficient (Wildman–Crippen LogP) is 1.40. The average molecular weight is 192 g/mol. The molecule has 0 aliphatic rings. The van der Waals surface area contributed by atoms with Crippen LogP contribution in [0.5, 0.6) is 0 Å². The van der Waals surface area contributed by atoms with Crippen molar-refractivity contribution < 1.29 is 31.5 Å². The molecule has 0 aliphatic heterocycles. The summed E-state index contributed by atoms with van der Waals surface area (Å²) in [6, 6.07) is 0. The molecule has 0 saturated carbocycles. The van der Waals surface area contributed by atoms with Crippen LogP contribution < -0.4 is 0 Å². The van der Waals surface area contributed by atoms with Gasteiger partial charge in [-0.25, -0.2) is 0 Å². The number of ketones is 1. The molecular formula is C5H5F5O2. The van der Waals surface area contributed by atoms with Crippen LogP contribution in [0.2, 0.25) is 0 Å². The number of ether oxygens (including phenoxy) is 1. The van der Waals surface area contributed by atoms with Crippen LogP contribution in [0, 0.1) is 0 Å². The minimum atomic E-state index is -5.53. The molecule has 0 aromatic carbocycles. The molecule has 0 fully saturated rings. The lowest BCUT2D eigenvalue weighted by atomic mass is 10.2. The van der Waals surface area contributed by atoms with Gasteiger partial charge in [-0.2, -0.15) is 22.0 Å². The zero-order valence-electron chi connectivity index (χ0n) is 5.91. The Bertz CT molecular complexity index is 173. The number of carbonyl (C=O) groups is 1. The quantitative estimate of drug-likeness (QED) is 0.631. The van der Waals surface area contributed by atoms with Crippen LogP contribution in [0.3, 0.4) is 0 Å². The topological polar surface area (TPSA) is 26.3 Å². The van der Waals surface area contributed by atoms with Crippen LogP contribution in [0.4, 0.5) is 22.0 Å². The van der Waals surface area contributed by atoms with Crippen LogP contribution in [0.25, 0.3) is 0 Å². The third-order valence-electron chi connectivity index (χ3n) is 0.915. The lowest BCUT2D eigenvalue weighted by Gasteiger charge is -2.14. The molecule has 12 heavy (non-hydrogen) atoms. The Labute approximate surface area is 64.3 Å². The number of Topliss-reactive ketones (excluding diaryl/α,β-unsaturated/α-hetero) is 1. The molecule has 72 valence electrons. The van der Waals surface area contributed by atoms with E-state index in [-0.39, 0.29) is 0 Å². The zero-order valence-corrected chi connectivity index (χ0v) is 5.91. The number of halogens is 5. The van der Waals surface area contributed by atoms with Crippen molar-refractivity contribution in [2.45, 2.75) is 12.1 Å². The normalized spacial score (nSPS) is 13.2. The van der Waals surface area contributed by atoms with Gasteiger partial charge in [0.1, 0.15) is 6.61 Å². The number of rotatable bonds is 3. The van der Waals surface area contributed by atoms with E-state index < -0.39 is 24.5 Å². The summed E-state index contributed by atoms with van der Waals surface area (Å²) in [5.74, 6) is -7.58. The maximum atomic E-state index is 12.1. The van der Waals surface area contributed by atoms with Gasteiger partial charge in [-0.3, -0.25) is 4.79 Å². The Balaban J connectivity index is 4.46. The third kappa shape index (κ3) is 2.72. The van der Waals surface area contributed by atoms with Crippen molar-refractivity contribution in [2.24, 2.45) is 0 Å². The molecule has 0 bridgehead atoms. The Morgan fingerprint density at radius 1 is 1.25 bits per heavy atom. The van der Waals surface area contributed by atoms with E-state index in [1.54, 1.807) is 0 Å². The van der Waals surface area contributed by atoms with Crippen molar-refractivity contribution in [2.75, 3.05) is 13.7 Å². The van der Waals surface area contributed by atoms with Gasteiger partial charge in [-0.15, -0.1) is 0 Å². The maximum absolute atomic E-state index is 12.1. The van der Waals surface area contributed by atoms with Crippen molar-refractivity contribution >= 4 is 5.78 Å². The first kappa shape index (κ1) is 11.3. The molecule has 0 aromatic heterocycles. The molecule has 0 amide bonds. The van der Waals surface area contributed by atoms with E-state index >= 15 is 0 Å². The van der Waals surface area contributed by atoms with E-state index in [1.165, 1.54) is 0 Å². The highest BCUT2D eigenvalue weighted by Gasteiger charge is 2.54. The van der Waals surface area contributed by atoms with Crippen LogP contribution in [-0.4, -0.2) is 31.6 Å². The van der Waals surface area contributed by atoms with Crippen LogP contribution in [0.15, 0.2) is 0 Å². The molecule has 0 N–H and O–H groups in total. The van der Waals surface area contributed by atoms with E-state index in [2.05, 4.69) is 4.74 Å². The molecule has 0 saturated heterocycles. The van der Waals surface area contributed by atoms with Gasteiger partial charge < -0.3 is 4.74 Å². The fraction of sp³-hybridized carbons (Fsp3) is 0.800.